The van der Waals surface area contributed by atoms with Crippen LogP contribution in [0.1, 0.15) is 32.6 Å². The van der Waals surface area contributed by atoms with Gasteiger partial charge in [0.25, 0.3) is 0 Å². The van der Waals surface area contributed by atoms with Crippen molar-refractivity contribution in [2.75, 3.05) is 31.6 Å². The number of piperidine rings is 1. The van der Waals surface area contributed by atoms with Gasteiger partial charge in [0.1, 0.15) is 0 Å². The number of anilines is 1. The van der Waals surface area contributed by atoms with Crippen molar-refractivity contribution in [1.29, 1.82) is 0 Å². The second-order valence-corrected chi connectivity index (χ2v) is 6.91. The molecule has 0 N–H and O–H groups in total. The van der Waals surface area contributed by atoms with E-state index in [2.05, 4.69) is 18.9 Å². The molecule has 0 aromatic heterocycles. The Hall–Kier alpha value is -0.770. The van der Waals surface area contributed by atoms with Gasteiger partial charge in [-0.25, -0.2) is 0 Å². The zero-order chi connectivity index (χ0) is 16.1. The van der Waals surface area contributed by atoms with Crippen molar-refractivity contribution in [3.63, 3.8) is 0 Å². The van der Waals surface area contributed by atoms with Crippen LogP contribution in [0.25, 0.3) is 0 Å². The Morgan fingerprint density at radius 3 is 2.55 bits per heavy atom. The summed E-state index contributed by atoms with van der Waals surface area (Å²) in [4.78, 5) is 16.9. The molecule has 1 aromatic carbocycles. The minimum atomic E-state index is 0.190. The molecule has 0 saturated carbocycles. The Labute approximate surface area is 143 Å². The molecule has 3 nitrogen and oxygen atoms in total. The SMILES string of the molecule is CCCN(C(=O)CC1CCN(C)CC1)c1ccc(Cl)c(Cl)c1. The molecule has 0 radical (unpaired) electrons. The second kappa shape index (κ2) is 8.19. The first kappa shape index (κ1) is 17.6. The van der Waals surface area contributed by atoms with Crippen LogP contribution in [0.4, 0.5) is 5.69 Å². The van der Waals surface area contributed by atoms with Crippen LogP contribution in [0.5, 0.6) is 0 Å². The Morgan fingerprint density at radius 2 is 1.95 bits per heavy atom. The molecule has 1 aliphatic rings. The highest BCUT2D eigenvalue weighted by atomic mass is 35.5. The number of carbonyl (C=O) groups is 1. The van der Waals surface area contributed by atoms with Crippen molar-refractivity contribution < 1.29 is 4.79 Å². The van der Waals surface area contributed by atoms with E-state index in [1.165, 1.54) is 0 Å². The third kappa shape index (κ3) is 4.61. The van der Waals surface area contributed by atoms with Crippen LogP contribution in [0.3, 0.4) is 0 Å². The van der Waals surface area contributed by atoms with Crippen molar-refractivity contribution >= 4 is 34.8 Å². The third-order valence-corrected chi connectivity index (χ3v) is 5.00. The molecular weight excluding hydrogens is 319 g/mol. The van der Waals surface area contributed by atoms with E-state index in [1.54, 1.807) is 12.1 Å². The van der Waals surface area contributed by atoms with Crippen LogP contribution >= 0.6 is 23.2 Å². The van der Waals surface area contributed by atoms with Gasteiger partial charge < -0.3 is 9.80 Å². The van der Waals surface area contributed by atoms with E-state index in [0.29, 0.717) is 28.9 Å². The van der Waals surface area contributed by atoms with Gasteiger partial charge in [0.15, 0.2) is 0 Å². The highest BCUT2D eigenvalue weighted by Crippen LogP contribution is 2.29. The van der Waals surface area contributed by atoms with E-state index < -0.39 is 0 Å². The maximum absolute atomic E-state index is 12.7. The number of hydrogen-bond donors (Lipinski definition) is 0. The lowest BCUT2D eigenvalue weighted by Gasteiger charge is -2.30. The summed E-state index contributed by atoms with van der Waals surface area (Å²) in [5.74, 6) is 0.681. The van der Waals surface area contributed by atoms with Crippen molar-refractivity contribution in [1.82, 2.24) is 4.90 Å². The minimum absolute atomic E-state index is 0.190. The first-order chi connectivity index (χ1) is 10.5. The number of benzene rings is 1. The summed E-state index contributed by atoms with van der Waals surface area (Å²) in [6.45, 7) is 4.95. The van der Waals surface area contributed by atoms with Crippen LogP contribution in [0.15, 0.2) is 18.2 Å². The number of rotatable bonds is 5. The number of hydrogen-bond acceptors (Lipinski definition) is 2. The number of nitrogens with zero attached hydrogens (tertiary/aromatic N) is 2. The van der Waals surface area contributed by atoms with Gasteiger partial charge in [-0.1, -0.05) is 30.1 Å². The molecule has 0 spiro atoms. The Morgan fingerprint density at radius 1 is 1.27 bits per heavy atom. The van der Waals surface area contributed by atoms with Crippen molar-refractivity contribution in [3.8, 4) is 0 Å². The molecule has 1 aliphatic heterocycles. The molecule has 0 atom stereocenters. The lowest BCUT2D eigenvalue weighted by molar-refractivity contribution is -0.119. The fourth-order valence-electron chi connectivity index (χ4n) is 2.90. The standard InChI is InChI=1S/C17H24Cl2N2O/c1-3-8-21(14-4-5-15(18)16(19)12-14)17(22)11-13-6-9-20(2)10-7-13/h4-5,12-13H,3,6-11H2,1-2H3. The molecule has 22 heavy (non-hydrogen) atoms. The zero-order valence-corrected chi connectivity index (χ0v) is 14.8. The van der Waals surface area contributed by atoms with Crippen molar-refractivity contribution in [2.24, 2.45) is 5.92 Å². The molecule has 1 fully saturated rings. The van der Waals surface area contributed by atoms with Crippen molar-refractivity contribution in [2.45, 2.75) is 32.6 Å². The van der Waals surface area contributed by atoms with Gasteiger partial charge in [-0.15, -0.1) is 0 Å². The van der Waals surface area contributed by atoms with Crippen LogP contribution in [-0.2, 0) is 4.79 Å². The summed E-state index contributed by atoms with van der Waals surface area (Å²) in [7, 11) is 2.14. The van der Waals surface area contributed by atoms with E-state index in [9.17, 15) is 4.79 Å². The topological polar surface area (TPSA) is 23.6 Å². The van der Waals surface area contributed by atoms with Gasteiger partial charge in [0.05, 0.1) is 10.0 Å². The molecule has 5 heteroatoms. The normalized spacial score (nSPS) is 16.7. The van der Waals surface area contributed by atoms with Gasteiger partial charge in [-0.3, -0.25) is 4.79 Å². The molecule has 0 unspecified atom stereocenters. The van der Waals surface area contributed by atoms with Crippen LogP contribution in [-0.4, -0.2) is 37.5 Å². The lowest BCUT2D eigenvalue weighted by atomic mass is 9.93. The summed E-state index contributed by atoms with van der Waals surface area (Å²) in [5, 5.41) is 1.01. The smallest absolute Gasteiger partial charge is 0.227 e. The fourth-order valence-corrected chi connectivity index (χ4v) is 3.19. The number of carbonyl (C=O) groups excluding carboxylic acids is 1. The molecular formula is C17H24Cl2N2O. The first-order valence-electron chi connectivity index (χ1n) is 7.95. The predicted octanol–water partition coefficient (Wildman–Crippen LogP) is 4.47. The highest BCUT2D eigenvalue weighted by molar-refractivity contribution is 6.42. The van der Waals surface area contributed by atoms with Gasteiger partial charge in [0.2, 0.25) is 5.91 Å². The number of likely N-dealkylation sites (tertiary alicyclic amines) is 1. The lowest BCUT2D eigenvalue weighted by Crippen LogP contribution is -2.36. The maximum atomic E-state index is 12.7. The van der Waals surface area contributed by atoms with Crippen LogP contribution in [0, 0.1) is 5.92 Å². The van der Waals surface area contributed by atoms with Gasteiger partial charge in [-0.05, 0) is 63.5 Å². The third-order valence-electron chi connectivity index (χ3n) is 4.26. The average Bonchev–Trinajstić information content (AvgIpc) is 2.50. The molecule has 0 bridgehead atoms. The number of halogens is 2. The summed E-state index contributed by atoms with van der Waals surface area (Å²) >= 11 is 12.1. The van der Waals surface area contributed by atoms with Gasteiger partial charge >= 0.3 is 0 Å². The Bertz CT molecular complexity index is 513. The van der Waals surface area contributed by atoms with Crippen LogP contribution < -0.4 is 4.90 Å². The summed E-state index contributed by atoms with van der Waals surface area (Å²) in [5.41, 5.74) is 0.842. The minimum Gasteiger partial charge on any atom is -0.312 e. The number of amides is 1. The molecule has 1 amide bonds. The monoisotopic (exact) mass is 342 g/mol. The molecule has 1 aromatic rings. The Kier molecular flexibility index (Phi) is 6.54. The second-order valence-electron chi connectivity index (χ2n) is 6.09. The van der Waals surface area contributed by atoms with E-state index in [-0.39, 0.29) is 5.91 Å². The van der Waals surface area contributed by atoms with E-state index in [1.807, 2.05) is 11.0 Å². The summed E-state index contributed by atoms with van der Waals surface area (Å²) in [6.07, 6.45) is 3.74. The molecule has 1 saturated heterocycles. The quantitative estimate of drug-likeness (QED) is 0.788. The molecule has 0 aliphatic carbocycles. The predicted molar refractivity (Wildman–Crippen MR) is 93.9 cm³/mol. The highest BCUT2D eigenvalue weighted by Gasteiger charge is 2.23. The van der Waals surface area contributed by atoms with E-state index >= 15 is 0 Å². The fraction of sp³-hybridized carbons (Fsp3) is 0.588. The molecule has 1 heterocycles. The summed E-state index contributed by atoms with van der Waals surface area (Å²) in [6, 6.07) is 5.41. The average molecular weight is 343 g/mol. The van der Waals surface area contributed by atoms with E-state index in [0.717, 1.165) is 38.0 Å². The van der Waals surface area contributed by atoms with E-state index in [4.69, 9.17) is 23.2 Å². The van der Waals surface area contributed by atoms with Gasteiger partial charge in [0, 0.05) is 18.7 Å². The molecule has 122 valence electrons. The summed E-state index contributed by atoms with van der Waals surface area (Å²) < 4.78 is 0. The molecule has 2 rings (SSSR count). The van der Waals surface area contributed by atoms with Crippen molar-refractivity contribution in [3.05, 3.63) is 28.2 Å². The maximum Gasteiger partial charge on any atom is 0.227 e. The van der Waals surface area contributed by atoms with Crippen LogP contribution in [0.2, 0.25) is 10.0 Å². The Balaban J connectivity index is 2.06. The largest absolute Gasteiger partial charge is 0.312 e. The van der Waals surface area contributed by atoms with Gasteiger partial charge in [-0.2, -0.15) is 0 Å². The zero-order valence-electron chi connectivity index (χ0n) is 13.3. The first-order valence-corrected chi connectivity index (χ1v) is 8.70.